The maximum Gasteiger partial charge on any atom is 0.225 e. The van der Waals surface area contributed by atoms with Crippen LogP contribution in [0.5, 0.6) is 0 Å². The number of hydrogen-bond donors (Lipinski definition) is 1. The number of hydrogen-bond acceptors (Lipinski definition) is 4. The Kier molecular flexibility index (Phi) is 4.43. The van der Waals surface area contributed by atoms with E-state index in [0.717, 1.165) is 11.4 Å². The molecular formula is C12H20N4O. The summed E-state index contributed by atoms with van der Waals surface area (Å²) in [6.45, 7) is 6.10. The number of rotatable bonds is 4. The predicted molar refractivity (Wildman–Crippen MR) is 67.8 cm³/mol. The molecule has 1 N–H and O–H groups in total. The van der Waals surface area contributed by atoms with Crippen molar-refractivity contribution in [2.24, 2.45) is 5.92 Å². The van der Waals surface area contributed by atoms with Gasteiger partial charge in [0, 0.05) is 25.7 Å². The van der Waals surface area contributed by atoms with Crippen LogP contribution < -0.4 is 10.2 Å². The van der Waals surface area contributed by atoms with Crippen LogP contribution in [0, 0.1) is 12.8 Å². The molecular weight excluding hydrogens is 216 g/mol. The van der Waals surface area contributed by atoms with E-state index in [-0.39, 0.29) is 11.8 Å². The van der Waals surface area contributed by atoms with Gasteiger partial charge in [-0.3, -0.25) is 4.79 Å². The Morgan fingerprint density at radius 1 is 1.41 bits per heavy atom. The molecule has 1 heterocycles. The molecule has 1 rings (SSSR count). The Morgan fingerprint density at radius 2 is 2.06 bits per heavy atom. The first-order chi connectivity index (χ1) is 7.90. The standard InChI is InChI=1S/C12H20N4O/c1-8(2)11(17)13-7-10-6-9(3)14-12(15-10)16(4)5/h6,8H,7H2,1-5H3,(H,13,17). The van der Waals surface area contributed by atoms with Gasteiger partial charge < -0.3 is 10.2 Å². The van der Waals surface area contributed by atoms with Crippen LogP contribution in [0.25, 0.3) is 0 Å². The molecule has 5 nitrogen and oxygen atoms in total. The second-order valence-corrected chi connectivity index (χ2v) is 4.57. The number of carbonyl (C=O) groups is 1. The van der Waals surface area contributed by atoms with Crippen LogP contribution in [-0.2, 0) is 11.3 Å². The van der Waals surface area contributed by atoms with E-state index in [1.54, 1.807) is 0 Å². The summed E-state index contributed by atoms with van der Waals surface area (Å²) in [4.78, 5) is 22.0. The van der Waals surface area contributed by atoms with Crippen LogP contribution in [-0.4, -0.2) is 30.0 Å². The fourth-order valence-electron chi connectivity index (χ4n) is 1.29. The molecule has 1 aromatic heterocycles. The Morgan fingerprint density at radius 3 is 2.59 bits per heavy atom. The van der Waals surface area contributed by atoms with Crippen LogP contribution in [0.1, 0.15) is 25.2 Å². The number of nitrogens with one attached hydrogen (secondary N) is 1. The third-order valence-corrected chi connectivity index (χ3v) is 2.26. The number of carbonyl (C=O) groups excluding carboxylic acids is 1. The van der Waals surface area contributed by atoms with Crippen LogP contribution in [0.4, 0.5) is 5.95 Å². The zero-order chi connectivity index (χ0) is 13.0. The van der Waals surface area contributed by atoms with E-state index in [9.17, 15) is 4.79 Å². The maximum absolute atomic E-state index is 11.5. The summed E-state index contributed by atoms with van der Waals surface area (Å²) in [5.74, 6) is 0.692. The van der Waals surface area contributed by atoms with E-state index < -0.39 is 0 Å². The molecule has 94 valence electrons. The molecule has 0 radical (unpaired) electrons. The number of aromatic nitrogens is 2. The highest BCUT2D eigenvalue weighted by Crippen LogP contribution is 2.07. The molecule has 5 heteroatoms. The first-order valence-corrected chi connectivity index (χ1v) is 5.69. The highest BCUT2D eigenvalue weighted by atomic mass is 16.1. The third kappa shape index (κ3) is 4.01. The highest BCUT2D eigenvalue weighted by Gasteiger charge is 2.08. The summed E-state index contributed by atoms with van der Waals surface area (Å²) in [7, 11) is 3.79. The summed E-state index contributed by atoms with van der Waals surface area (Å²) in [5.41, 5.74) is 1.73. The Hall–Kier alpha value is -1.65. The molecule has 0 bridgehead atoms. The van der Waals surface area contributed by atoms with E-state index in [2.05, 4.69) is 15.3 Å². The number of aryl methyl sites for hydroxylation is 1. The summed E-state index contributed by atoms with van der Waals surface area (Å²) in [6.07, 6.45) is 0. The minimum absolute atomic E-state index is 0.00810. The molecule has 1 aromatic rings. The first-order valence-electron chi connectivity index (χ1n) is 5.69. The van der Waals surface area contributed by atoms with Gasteiger partial charge in [0.1, 0.15) is 0 Å². The number of anilines is 1. The van der Waals surface area contributed by atoms with E-state index in [0.29, 0.717) is 12.5 Å². The van der Waals surface area contributed by atoms with E-state index in [1.165, 1.54) is 0 Å². The van der Waals surface area contributed by atoms with Crippen molar-refractivity contribution < 1.29 is 4.79 Å². The minimum Gasteiger partial charge on any atom is -0.350 e. The summed E-state index contributed by atoms with van der Waals surface area (Å²) < 4.78 is 0. The van der Waals surface area contributed by atoms with Crippen molar-refractivity contribution in [1.29, 1.82) is 0 Å². The lowest BCUT2D eigenvalue weighted by molar-refractivity contribution is -0.124. The van der Waals surface area contributed by atoms with Gasteiger partial charge in [-0.1, -0.05) is 13.8 Å². The van der Waals surface area contributed by atoms with Gasteiger partial charge in [0.2, 0.25) is 11.9 Å². The van der Waals surface area contributed by atoms with Crippen LogP contribution in [0.3, 0.4) is 0 Å². The van der Waals surface area contributed by atoms with Crippen molar-refractivity contribution in [3.63, 3.8) is 0 Å². The lowest BCUT2D eigenvalue weighted by atomic mass is 10.2. The molecule has 0 aliphatic heterocycles. The van der Waals surface area contributed by atoms with Crippen molar-refractivity contribution in [2.75, 3.05) is 19.0 Å². The molecule has 0 atom stereocenters. The first kappa shape index (κ1) is 13.4. The van der Waals surface area contributed by atoms with Gasteiger partial charge in [-0.2, -0.15) is 0 Å². The average molecular weight is 236 g/mol. The molecule has 17 heavy (non-hydrogen) atoms. The highest BCUT2D eigenvalue weighted by molar-refractivity contribution is 5.77. The second-order valence-electron chi connectivity index (χ2n) is 4.57. The zero-order valence-electron chi connectivity index (χ0n) is 11.1. The van der Waals surface area contributed by atoms with Gasteiger partial charge in [0.05, 0.1) is 12.2 Å². The third-order valence-electron chi connectivity index (χ3n) is 2.26. The van der Waals surface area contributed by atoms with E-state index in [1.807, 2.05) is 45.8 Å². The maximum atomic E-state index is 11.5. The number of amides is 1. The second kappa shape index (κ2) is 5.61. The molecule has 0 saturated carbocycles. The average Bonchev–Trinajstić information content (AvgIpc) is 2.24. The SMILES string of the molecule is Cc1cc(CNC(=O)C(C)C)nc(N(C)C)n1. The van der Waals surface area contributed by atoms with Gasteiger partial charge in [0.25, 0.3) is 0 Å². The van der Waals surface area contributed by atoms with Crippen molar-refractivity contribution in [2.45, 2.75) is 27.3 Å². The summed E-state index contributed by atoms with van der Waals surface area (Å²) in [6, 6.07) is 1.88. The van der Waals surface area contributed by atoms with Gasteiger partial charge >= 0.3 is 0 Å². The summed E-state index contributed by atoms with van der Waals surface area (Å²) in [5, 5.41) is 2.84. The van der Waals surface area contributed by atoms with Gasteiger partial charge in [-0.25, -0.2) is 9.97 Å². The Bertz CT molecular complexity index is 401. The molecule has 0 aliphatic rings. The molecule has 0 aliphatic carbocycles. The lowest BCUT2D eigenvalue weighted by Gasteiger charge is -2.13. The van der Waals surface area contributed by atoms with Gasteiger partial charge in [-0.15, -0.1) is 0 Å². The fourth-order valence-corrected chi connectivity index (χ4v) is 1.29. The van der Waals surface area contributed by atoms with E-state index >= 15 is 0 Å². The van der Waals surface area contributed by atoms with Crippen molar-refractivity contribution in [3.05, 3.63) is 17.5 Å². The van der Waals surface area contributed by atoms with E-state index in [4.69, 9.17) is 0 Å². The van der Waals surface area contributed by atoms with Crippen molar-refractivity contribution >= 4 is 11.9 Å². The predicted octanol–water partition coefficient (Wildman–Crippen LogP) is 1.12. The summed E-state index contributed by atoms with van der Waals surface area (Å²) >= 11 is 0. The number of nitrogens with zero attached hydrogens (tertiary/aromatic N) is 3. The smallest absolute Gasteiger partial charge is 0.225 e. The molecule has 0 aromatic carbocycles. The van der Waals surface area contributed by atoms with Crippen LogP contribution >= 0.6 is 0 Å². The van der Waals surface area contributed by atoms with Crippen LogP contribution in [0.2, 0.25) is 0 Å². The van der Waals surface area contributed by atoms with Crippen molar-refractivity contribution in [1.82, 2.24) is 15.3 Å². The topological polar surface area (TPSA) is 58.1 Å². The normalized spacial score (nSPS) is 10.5. The monoisotopic (exact) mass is 236 g/mol. The fraction of sp³-hybridized carbons (Fsp3) is 0.583. The quantitative estimate of drug-likeness (QED) is 0.851. The minimum atomic E-state index is -0.00810. The lowest BCUT2D eigenvalue weighted by Crippen LogP contribution is -2.28. The largest absolute Gasteiger partial charge is 0.350 e. The molecule has 0 unspecified atom stereocenters. The Labute approximate surface area is 102 Å². The Balaban J connectivity index is 2.74. The van der Waals surface area contributed by atoms with Crippen LogP contribution in [0.15, 0.2) is 6.07 Å². The van der Waals surface area contributed by atoms with Gasteiger partial charge in [-0.05, 0) is 13.0 Å². The van der Waals surface area contributed by atoms with Gasteiger partial charge in [0.15, 0.2) is 0 Å². The molecule has 0 fully saturated rings. The molecule has 1 amide bonds. The molecule has 0 saturated heterocycles. The zero-order valence-corrected chi connectivity index (χ0v) is 11.1. The van der Waals surface area contributed by atoms with Crippen molar-refractivity contribution in [3.8, 4) is 0 Å². The molecule has 0 spiro atoms.